The Labute approximate surface area is 158 Å². The molecule has 1 unspecified atom stereocenters. The minimum absolute atomic E-state index is 0.0394. The first-order chi connectivity index (χ1) is 12.2. The quantitative estimate of drug-likeness (QED) is 0.745. The summed E-state index contributed by atoms with van der Waals surface area (Å²) in [5, 5.41) is 11.0. The number of carbonyl (C=O) groups excluding carboxylic acids is 2. The Morgan fingerprint density at radius 3 is 2.81 bits per heavy atom. The Morgan fingerprint density at radius 1 is 1.38 bits per heavy atom. The zero-order valence-electron chi connectivity index (χ0n) is 15.1. The number of aliphatic hydroxyl groups excluding tert-OH is 1. The minimum atomic E-state index is -1.84. The maximum Gasteiger partial charge on any atom is 0.178 e. The number of ketones is 2. The number of hydrogen-bond donors (Lipinski definition) is 1. The van der Waals surface area contributed by atoms with Gasteiger partial charge < -0.3 is 5.11 Å². The summed E-state index contributed by atoms with van der Waals surface area (Å²) in [7, 11) is 0. The molecule has 0 aliphatic heterocycles. The molecule has 2 fully saturated rings. The number of aliphatic hydroxyl groups is 1. The van der Waals surface area contributed by atoms with Crippen LogP contribution in [0.4, 0.5) is 4.39 Å². The highest BCUT2D eigenvalue weighted by atomic mass is 35.5. The van der Waals surface area contributed by atoms with Crippen molar-refractivity contribution >= 4 is 23.2 Å². The van der Waals surface area contributed by atoms with E-state index in [1.807, 2.05) is 13.0 Å². The molecule has 1 N–H and O–H groups in total. The average molecular weight is 379 g/mol. The fourth-order valence-corrected chi connectivity index (χ4v) is 6.43. The van der Waals surface area contributed by atoms with E-state index in [2.05, 4.69) is 0 Å². The third-order valence-corrected chi connectivity index (χ3v) is 7.89. The first-order valence-electron chi connectivity index (χ1n) is 9.29. The zero-order valence-corrected chi connectivity index (χ0v) is 15.9. The SMILES string of the molecule is C[C@]12C=CC(=O)C=C1CC[C@H]1[C@@H]3CC=C(C(=O)CCl)[C@@]3(C)C[C@H](O)C12F. The summed E-state index contributed by atoms with van der Waals surface area (Å²) in [6, 6.07) is 0. The molecule has 0 amide bonds. The molecule has 0 spiro atoms. The van der Waals surface area contributed by atoms with Crippen LogP contribution in [0.3, 0.4) is 0 Å². The summed E-state index contributed by atoms with van der Waals surface area (Å²) in [6.45, 7) is 3.77. The van der Waals surface area contributed by atoms with Crippen LogP contribution in [0.2, 0.25) is 0 Å². The van der Waals surface area contributed by atoms with Gasteiger partial charge in [-0.1, -0.05) is 24.6 Å². The number of fused-ring (bicyclic) bond motifs is 5. The van der Waals surface area contributed by atoms with Crippen LogP contribution in [0, 0.1) is 22.7 Å². The van der Waals surface area contributed by atoms with E-state index < -0.39 is 22.6 Å². The molecule has 3 nitrogen and oxygen atoms in total. The van der Waals surface area contributed by atoms with Crippen molar-refractivity contribution in [1.82, 2.24) is 0 Å². The first-order valence-corrected chi connectivity index (χ1v) is 9.83. The number of halogens is 2. The Kier molecular flexibility index (Phi) is 3.92. The fourth-order valence-electron chi connectivity index (χ4n) is 6.29. The first kappa shape index (κ1) is 18.1. The van der Waals surface area contributed by atoms with Crippen LogP contribution in [0.25, 0.3) is 0 Å². The summed E-state index contributed by atoms with van der Waals surface area (Å²) in [5.41, 5.74) is -1.94. The maximum atomic E-state index is 16.7. The van der Waals surface area contributed by atoms with Gasteiger partial charge in [-0.2, -0.15) is 0 Å². The van der Waals surface area contributed by atoms with Gasteiger partial charge in [-0.25, -0.2) is 4.39 Å². The highest BCUT2D eigenvalue weighted by molar-refractivity contribution is 6.30. The predicted molar refractivity (Wildman–Crippen MR) is 97.5 cm³/mol. The lowest BCUT2D eigenvalue weighted by atomic mass is 9.45. The molecule has 6 atom stereocenters. The maximum absolute atomic E-state index is 16.7. The number of hydrogen-bond acceptors (Lipinski definition) is 3. The van der Waals surface area contributed by atoms with Crippen LogP contribution in [0.1, 0.15) is 39.5 Å². The monoisotopic (exact) mass is 378 g/mol. The number of rotatable bonds is 2. The highest BCUT2D eigenvalue weighted by Gasteiger charge is 2.69. The molecule has 4 rings (SSSR count). The van der Waals surface area contributed by atoms with Crippen molar-refractivity contribution in [2.24, 2.45) is 22.7 Å². The van der Waals surface area contributed by atoms with Crippen LogP contribution in [-0.4, -0.2) is 34.3 Å². The lowest BCUT2D eigenvalue weighted by Crippen LogP contribution is -2.66. The van der Waals surface area contributed by atoms with Gasteiger partial charge in [-0.3, -0.25) is 9.59 Å². The summed E-state index contributed by atoms with van der Waals surface area (Å²) in [4.78, 5) is 24.1. The van der Waals surface area contributed by atoms with Gasteiger partial charge in [0.1, 0.15) is 0 Å². The molecule has 26 heavy (non-hydrogen) atoms. The Bertz CT molecular complexity index is 784. The zero-order chi connectivity index (χ0) is 18.9. The molecular weight excluding hydrogens is 355 g/mol. The van der Waals surface area contributed by atoms with Gasteiger partial charge in [0.05, 0.1) is 12.0 Å². The smallest absolute Gasteiger partial charge is 0.178 e. The Hall–Kier alpha value is -1.26. The summed E-state index contributed by atoms with van der Waals surface area (Å²) in [5.74, 6) is -0.741. The molecule has 4 aliphatic rings. The predicted octanol–water partition coefficient (Wildman–Crippen LogP) is 3.70. The molecule has 140 valence electrons. The van der Waals surface area contributed by atoms with E-state index in [0.717, 1.165) is 5.57 Å². The topological polar surface area (TPSA) is 54.4 Å². The van der Waals surface area contributed by atoms with Crippen molar-refractivity contribution in [3.63, 3.8) is 0 Å². The average Bonchev–Trinajstić information content (AvgIpc) is 2.93. The molecule has 0 aromatic carbocycles. The normalized spacial score (nSPS) is 46.8. The Balaban J connectivity index is 1.79. The van der Waals surface area contributed by atoms with Crippen molar-refractivity contribution < 1.29 is 19.1 Å². The van der Waals surface area contributed by atoms with Gasteiger partial charge in [0.15, 0.2) is 17.2 Å². The standard InChI is InChI=1S/C21H24ClFO3/c1-19-10-18(26)21(23)15(14(19)5-6-16(19)17(25)11-22)4-3-12-9-13(24)7-8-20(12,21)2/h6-9,14-15,18,26H,3-5,10-11H2,1-2H3/t14-,15-,18-,19-,20-,21?/m0/s1. The fraction of sp³-hybridized carbons (Fsp3) is 0.619. The summed E-state index contributed by atoms with van der Waals surface area (Å²) >= 11 is 5.78. The van der Waals surface area contributed by atoms with Gasteiger partial charge in [-0.05, 0) is 56.3 Å². The molecule has 0 heterocycles. The van der Waals surface area contributed by atoms with Gasteiger partial charge >= 0.3 is 0 Å². The number of carbonyl (C=O) groups is 2. The van der Waals surface area contributed by atoms with Gasteiger partial charge in [-0.15, -0.1) is 11.6 Å². The van der Waals surface area contributed by atoms with E-state index in [1.165, 1.54) is 12.2 Å². The van der Waals surface area contributed by atoms with Crippen LogP contribution in [-0.2, 0) is 9.59 Å². The minimum Gasteiger partial charge on any atom is -0.390 e. The molecule has 0 bridgehead atoms. The summed E-state index contributed by atoms with van der Waals surface area (Å²) < 4.78 is 16.7. The Morgan fingerprint density at radius 2 is 2.12 bits per heavy atom. The van der Waals surface area contributed by atoms with Crippen molar-refractivity contribution in [2.75, 3.05) is 5.88 Å². The van der Waals surface area contributed by atoms with Crippen molar-refractivity contribution in [1.29, 1.82) is 0 Å². The molecule has 0 radical (unpaired) electrons. The molecule has 5 heteroatoms. The van der Waals surface area contributed by atoms with Crippen molar-refractivity contribution in [3.8, 4) is 0 Å². The summed E-state index contributed by atoms with van der Waals surface area (Å²) in [6.07, 6.45) is 7.35. The molecule has 0 saturated heterocycles. The molecule has 0 aromatic heterocycles. The van der Waals surface area contributed by atoms with E-state index in [4.69, 9.17) is 11.6 Å². The van der Waals surface area contributed by atoms with Crippen LogP contribution < -0.4 is 0 Å². The second kappa shape index (κ2) is 5.62. The second-order valence-corrected chi connectivity index (χ2v) is 8.94. The third-order valence-electron chi connectivity index (χ3n) is 7.64. The molecule has 4 aliphatic carbocycles. The van der Waals surface area contributed by atoms with E-state index in [0.29, 0.717) is 24.8 Å². The van der Waals surface area contributed by atoms with Crippen molar-refractivity contribution in [3.05, 3.63) is 35.5 Å². The number of Topliss-reactive ketones (excluding diaryl/α,β-unsaturated/α-hetero) is 1. The number of alkyl halides is 2. The third kappa shape index (κ3) is 2.03. The van der Waals surface area contributed by atoms with Crippen LogP contribution in [0.5, 0.6) is 0 Å². The van der Waals surface area contributed by atoms with Gasteiger partial charge in [0, 0.05) is 16.7 Å². The van der Waals surface area contributed by atoms with E-state index in [1.54, 1.807) is 13.0 Å². The largest absolute Gasteiger partial charge is 0.390 e. The molecular formula is C21H24ClFO3. The molecule has 0 aromatic rings. The lowest BCUT2D eigenvalue weighted by Gasteiger charge is -2.61. The van der Waals surface area contributed by atoms with Crippen molar-refractivity contribution in [2.45, 2.75) is 51.3 Å². The van der Waals surface area contributed by atoms with Gasteiger partial charge in [0.25, 0.3) is 0 Å². The number of allylic oxidation sites excluding steroid dienone is 6. The second-order valence-electron chi connectivity index (χ2n) is 8.68. The van der Waals surface area contributed by atoms with Crippen LogP contribution in [0.15, 0.2) is 35.5 Å². The lowest BCUT2D eigenvalue weighted by molar-refractivity contribution is -0.185. The van der Waals surface area contributed by atoms with E-state index in [-0.39, 0.29) is 35.7 Å². The van der Waals surface area contributed by atoms with E-state index in [9.17, 15) is 14.7 Å². The molecule has 2 saturated carbocycles. The van der Waals surface area contributed by atoms with E-state index >= 15 is 4.39 Å². The van der Waals surface area contributed by atoms with Crippen LogP contribution >= 0.6 is 11.6 Å². The highest BCUT2D eigenvalue weighted by Crippen LogP contribution is 2.67. The van der Waals surface area contributed by atoms with Gasteiger partial charge in [0.2, 0.25) is 0 Å².